The zero-order valence-corrected chi connectivity index (χ0v) is 16.6. The minimum absolute atomic E-state index is 0.0958. The number of carbonyl (C=O) groups excluding carboxylic acids is 1. The number of hydrogen-bond donors (Lipinski definition) is 1. The van der Waals surface area contributed by atoms with Crippen LogP contribution < -0.4 is 10.1 Å². The van der Waals surface area contributed by atoms with Crippen molar-refractivity contribution in [2.45, 2.75) is 34.2 Å². The quantitative estimate of drug-likeness (QED) is 0.692. The van der Waals surface area contributed by atoms with Gasteiger partial charge in [-0.25, -0.2) is 0 Å². The molecule has 4 nitrogen and oxygen atoms in total. The Labute approximate surface area is 160 Å². The molecule has 0 unspecified atom stereocenters. The van der Waals surface area contributed by atoms with E-state index in [0.29, 0.717) is 12.2 Å². The van der Waals surface area contributed by atoms with Crippen LogP contribution in [0.3, 0.4) is 0 Å². The summed E-state index contributed by atoms with van der Waals surface area (Å²) in [5.74, 6) is 0.667. The van der Waals surface area contributed by atoms with E-state index in [4.69, 9.17) is 4.74 Å². The van der Waals surface area contributed by atoms with Gasteiger partial charge in [0.15, 0.2) is 0 Å². The molecule has 1 heterocycles. The van der Waals surface area contributed by atoms with Gasteiger partial charge in [-0.05, 0) is 68.7 Å². The Morgan fingerprint density at radius 3 is 2.33 bits per heavy atom. The highest BCUT2D eigenvalue weighted by Gasteiger charge is 2.21. The minimum atomic E-state index is -0.0958. The Morgan fingerprint density at radius 2 is 1.70 bits per heavy atom. The van der Waals surface area contributed by atoms with Crippen molar-refractivity contribution in [3.05, 3.63) is 82.2 Å². The number of anilines is 1. The van der Waals surface area contributed by atoms with Crippen LogP contribution in [-0.4, -0.2) is 17.6 Å². The zero-order chi connectivity index (χ0) is 19.6. The van der Waals surface area contributed by atoms with Gasteiger partial charge < -0.3 is 14.6 Å². The number of carbonyl (C=O) groups is 1. The summed E-state index contributed by atoms with van der Waals surface area (Å²) < 4.78 is 7.28. The van der Waals surface area contributed by atoms with E-state index >= 15 is 0 Å². The van der Waals surface area contributed by atoms with Gasteiger partial charge in [0, 0.05) is 17.9 Å². The number of rotatable bonds is 5. The van der Waals surface area contributed by atoms with E-state index < -0.39 is 0 Å². The number of nitrogens with one attached hydrogen (secondary N) is 1. The van der Waals surface area contributed by atoms with Crippen molar-refractivity contribution < 1.29 is 9.53 Å². The van der Waals surface area contributed by atoms with Crippen molar-refractivity contribution in [2.24, 2.45) is 0 Å². The Hall–Kier alpha value is -3.01. The van der Waals surface area contributed by atoms with Crippen LogP contribution in [0.1, 0.15) is 38.4 Å². The first kappa shape index (κ1) is 18.8. The molecule has 0 aliphatic carbocycles. The SMILES string of the molecule is COc1ccc(NC(=O)c2c(C)c(C)c(C)n2Cc2cccc(C)c2)cc1. The van der Waals surface area contributed by atoms with Gasteiger partial charge >= 0.3 is 0 Å². The van der Waals surface area contributed by atoms with Crippen LogP contribution in [0.5, 0.6) is 5.75 Å². The van der Waals surface area contributed by atoms with Gasteiger partial charge in [-0.3, -0.25) is 4.79 Å². The first-order valence-electron chi connectivity index (χ1n) is 9.08. The number of methoxy groups -OCH3 is 1. The van der Waals surface area contributed by atoms with Crippen LogP contribution >= 0.6 is 0 Å². The summed E-state index contributed by atoms with van der Waals surface area (Å²) >= 11 is 0. The number of amides is 1. The van der Waals surface area contributed by atoms with E-state index in [2.05, 4.69) is 54.9 Å². The normalized spacial score (nSPS) is 10.7. The maximum absolute atomic E-state index is 13.1. The molecule has 3 rings (SSSR count). The van der Waals surface area contributed by atoms with E-state index in [-0.39, 0.29) is 5.91 Å². The lowest BCUT2D eigenvalue weighted by atomic mass is 10.1. The number of aromatic nitrogens is 1. The van der Waals surface area contributed by atoms with Crippen LogP contribution in [-0.2, 0) is 6.54 Å². The van der Waals surface area contributed by atoms with Gasteiger partial charge in [-0.1, -0.05) is 29.8 Å². The molecule has 0 aliphatic heterocycles. The van der Waals surface area contributed by atoms with Crippen LogP contribution in [0.2, 0.25) is 0 Å². The molecule has 2 aromatic carbocycles. The summed E-state index contributed by atoms with van der Waals surface area (Å²) in [5.41, 5.74) is 7.16. The maximum atomic E-state index is 13.1. The molecule has 0 spiro atoms. The van der Waals surface area contributed by atoms with E-state index in [1.807, 2.05) is 31.2 Å². The molecular formula is C23H26N2O2. The Bertz CT molecular complexity index is 969. The minimum Gasteiger partial charge on any atom is -0.497 e. The zero-order valence-electron chi connectivity index (χ0n) is 16.6. The van der Waals surface area contributed by atoms with E-state index in [1.165, 1.54) is 11.1 Å². The molecule has 0 bridgehead atoms. The van der Waals surface area contributed by atoms with Crippen molar-refractivity contribution in [1.29, 1.82) is 0 Å². The fraction of sp³-hybridized carbons (Fsp3) is 0.261. The van der Waals surface area contributed by atoms with Crippen molar-refractivity contribution in [3.63, 3.8) is 0 Å². The second-order valence-corrected chi connectivity index (χ2v) is 6.94. The third-order valence-electron chi connectivity index (χ3n) is 5.12. The molecule has 0 saturated heterocycles. The van der Waals surface area contributed by atoms with E-state index in [1.54, 1.807) is 7.11 Å². The van der Waals surface area contributed by atoms with Crippen LogP contribution in [0.15, 0.2) is 48.5 Å². The molecule has 0 radical (unpaired) electrons. The number of hydrogen-bond acceptors (Lipinski definition) is 2. The molecular weight excluding hydrogens is 336 g/mol. The first-order chi connectivity index (χ1) is 12.9. The van der Waals surface area contributed by atoms with Crippen LogP contribution in [0.4, 0.5) is 5.69 Å². The molecule has 27 heavy (non-hydrogen) atoms. The number of ether oxygens (including phenoxy) is 1. The standard InChI is InChI=1S/C23H26N2O2/c1-15-7-6-8-19(13-15)14-25-18(4)16(2)17(3)22(25)23(26)24-20-9-11-21(27-5)12-10-20/h6-13H,14H2,1-5H3,(H,24,26). The summed E-state index contributed by atoms with van der Waals surface area (Å²) in [7, 11) is 1.63. The number of benzene rings is 2. The lowest BCUT2D eigenvalue weighted by Gasteiger charge is -2.13. The summed E-state index contributed by atoms with van der Waals surface area (Å²) in [5, 5.41) is 3.01. The Kier molecular flexibility index (Phi) is 5.36. The van der Waals surface area contributed by atoms with Crippen molar-refractivity contribution in [1.82, 2.24) is 4.57 Å². The van der Waals surface area contributed by atoms with E-state index in [9.17, 15) is 4.79 Å². The predicted octanol–water partition coefficient (Wildman–Crippen LogP) is 5.03. The lowest BCUT2D eigenvalue weighted by Crippen LogP contribution is -2.19. The Morgan fingerprint density at radius 1 is 1.00 bits per heavy atom. The topological polar surface area (TPSA) is 43.3 Å². The Balaban J connectivity index is 1.93. The van der Waals surface area contributed by atoms with Crippen LogP contribution in [0, 0.1) is 27.7 Å². The molecule has 0 atom stereocenters. The highest BCUT2D eigenvalue weighted by Crippen LogP contribution is 2.24. The smallest absolute Gasteiger partial charge is 0.272 e. The summed E-state index contributed by atoms with van der Waals surface area (Å²) in [6, 6.07) is 15.8. The lowest BCUT2D eigenvalue weighted by molar-refractivity contribution is 0.101. The molecule has 1 aromatic heterocycles. The fourth-order valence-corrected chi connectivity index (χ4v) is 3.37. The maximum Gasteiger partial charge on any atom is 0.272 e. The summed E-state index contributed by atoms with van der Waals surface area (Å²) in [6.07, 6.45) is 0. The molecule has 4 heteroatoms. The van der Waals surface area contributed by atoms with Gasteiger partial charge in [0.1, 0.15) is 11.4 Å². The van der Waals surface area contributed by atoms with Gasteiger partial charge in [0.2, 0.25) is 0 Å². The van der Waals surface area contributed by atoms with Crippen molar-refractivity contribution in [2.75, 3.05) is 12.4 Å². The molecule has 3 aromatic rings. The average Bonchev–Trinajstić information content (AvgIpc) is 2.86. The highest BCUT2D eigenvalue weighted by molar-refractivity contribution is 6.04. The molecule has 0 saturated carbocycles. The average molecular weight is 362 g/mol. The van der Waals surface area contributed by atoms with Gasteiger partial charge in [0.05, 0.1) is 7.11 Å². The third kappa shape index (κ3) is 3.90. The van der Waals surface area contributed by atoms with Crippen molar-refractivity contribution >= 4 is 11.6 Å². The van der Waals surface area contributed by atoms with Gasteiger partial charge in [0.25, 0.3) is 5.91 Å². The molecule has 140 valence electrons. The first-order valence-corrected chi connectivity index (χ1v) is 9.08. The van der Waals surface area contributed by atoms with Gasteiger partial charge in [-0.2, -0.15) is 0 Å². The van der Waals surface area contributed by atoms with Gasteiger partial charge in [-0.15, -0.1) is 0 Å². The number of aryl methyl sites for hydroxylation is 1. The van der Waals surface area contributed by atoms with Crippen molar-refractivity contribution in [3.8, 4) is 5.75 Å². The molecule has 0 fully saturated rings. The molecule has 1 amide bonds. The second kappa shape index (κ2) is 7.70. The summed E-state index contributed by atoms with van der Waals surface area (Å²) in [6.45, 7) is 8.91. The monoisotopic (exact) mass is 362 g/mol. The van der Waals surface area contributed by atoms with Crippen LogP contribution in [0.25, 0.3) is 0 Å². The molecule has 1 N–H and O–H groups in total. The predicted molar refractivity (Wildman–Crippen MR) is 110 cm³/mol. The fourth-order valence-electron chi connectivity index (χ4n) is 3.37. The number of nitrogens with zero attached hydrogens (tertiary/aromatic N) is 1. The summed E-state index contributed by atoms with van der Waals surface area (Å²) in [4.78, 5) is 13.1. The largest absolute Gasteiger partial charge is 0.497 e. The van der Waals surface area contributed by atoms with E-state index in [0.717, 1.165) is 28.3 Å². The highest BCUT2D eigenvalue weighted by atomic mass is 16.5. The second-order valence-electron chi connectivity index (χ2n) is 6.94. The third-order valence-corrected chi connectivity index (χ3v) is 5.12. The molecule has 0 aliphatic rings.